The Kier molecular flexibility index (Phi) is 4.27. The van der Waals surface area contributed by atoms with E-state index >= 15 is 0 Å². The quantitative estimate of drug-likeness (QED) is 0.781. The molecule has 1 aliphatic heterocycles. The standard InChI is InChI=1S/C18H21N5OS/c1-12-13(2)25-18-16(12)17(24)20-14(21-18)11-22-7-9-23(10-8-22)15-5-3-4-6-19-15/h3-6H,7-11H2,1-2H3,(H,20,21,24). The fourth-order valence-electron chi connectivity index (χ4n) is 3.26. The lowest BCUT2D eigenvalue weighted by atomic mass is 10.2. The number of nitrogens with one attached hydrogen (secondary N) is 1. The van der Waals surface area contributed by atoms with Gasteiger partial charge < -0.3 is 9.88 Å². The number of aryl methyl sites for hydroxylation is 2. The summed E-state index contributed by atoms with van der Waals surface area (Å²) in [5, 5.41) is 0.742. The number of aromatic nitrogens is 3. The molecular formula is C18H21N5OS. The molecule has 0 saturated carbocycles. The van der Waals surface area contributed by atoms with E-state index in [1.165, 1.54) is 0 Å². The number of pyridine rings is 1. The van der Waals surface area contributed by atoms with E-state index in [2.05, 4.69) is 24.8 Å². The van der Waals surface area contributed by atoms with Crippen LogP contribution >= 0.6 is 11.3 Å². The van der Waals surface area contributed by atoms with E-state index < -0.39 is 0 Å². The summed E-state index contributed by atoms with van der Waals surface area (Å²) >= 11 is 1.60. The molecule has 0 amide bonds. The van der Waals surface area contributed by atoms with Crippen LogP contribution in [0.25, 0.3) is 10.2 Å². The van der Waals surface area contributed by atoms with E-state index in [0.717, 1.165) is 58.5 Å². The second-order valence-corrected chi connectivity index (χ2v) is 7.63. The average molecular weight is 355 g/mol. The molecule has 4 rings (SSSR count). The zero-order valence-electron chi connectivity index (χ0n) is 14.5. The first-order valence-corrected chi connectivity index (χ1v) is 9.30. The van der Waals surface area contributed by atoms with Crippen molar-refractivity contribution in [2.24, 2.45) is 0 Å². The van der Waals surface area contributed by atoms with Gasteiger partial charge >= 0.3 is 0 Å². The maximum Gasteiger partial charge on any atom is 0.259 e. The predicted octanol–water partition coefficient (Wildman–Crippen LogP) is 2.32. The Morgan fingerprint density at radius 2 is 2.00 bits per heavy atom. The van der Waals surface area contributed by atoms with E-state index in [-0.39, 0.29) is 5.56 Å². The zero-order chi connectivity index (χ0) is 17.4. The van der Waals surface area contributed by atoms with E-state index in [1.54, 1.807) is 11.3 Å². The monoisotopic (exact) mass is 355 g/mol. The maximum atomic E-state index is 12.4. The van der Waals surface area contributed by atoms with Crippen molar-refractivity contribution in [3.05, 3.63) is 51.0 Å². The van der Waals surface area contributed by atoms with Gasteiger partial charge in [0.25, 0.3) is 5.56 Å². The van der Waals surface area contributed by atoms with Gasteiger partial charge in [0, 0.05) is 37.3 Å². The SMILES string of the molecule is Cc1sc2nc(CN3CCN(c4ccccn4)CC3)[nH]c(=O)c2c1C. The van der Waals surface area contributed by atoms with Gasteiger partial charge in [0.05, 0.1) is 11.9 Å². The second-order valence-electron chi connectivity index (χ2n) is 6.43. The van der Waals surface area contributed by atoms with Crippen LogP contribution in [-0.2, 0) is 6.54 Å². The van der Waals surface area contributed by atoms with E-state index in [4.69, 9.17) is 0 Å². The van der Waals surface area contributed by atoms with Crippen LogP contribution in [0.3, 0.4) is 0 Å². The third-order valence-electron chi connectivity index (χ3n) is 4.81. The summed E-state index contributed by atoms with van der Waals surface area (Å²) in [4.78, 5) is 31.1. The lowest BCUT2D eigenvalue weighted by molar-refractivity contribution is 0.243. The highest BCUT2D eigenvalue weighted by Gasteiger charge is 2.19. The van der Waals surface area contributed by atoms with Gasteiger partial charge in [-0.05, 0) is 31.5 Å². The molecule has 0 atom stereocenters. The van der Waals surface area contributed by atoms with Crippen molar-refractivity contribution in [3.8, 4) is 0 Å². The van der Waals surface area contributed by atoms with Crippen LogP contribution < -0.4 is 10.5 Å². The largest absolute Gasteiger partial charge is 0.354 e. The second kappa shape index (κ2) is 6.57. The fourth-order valence-corrected chi connectivity index (χ4v) is 4.31. The van der Waals surface area contributed by atoms with Crippen LogP contribution in [-0.4, -0.2) is 46.0 Å². The van der Waals surface area contributed by atoms with Crippen LogP contribution in [0.2, 0.25) is 0 Å². The van der Waals surface area contributed by atoms with Crippen molar-refractivity contribution in [2.45, 2.75) is 20.4 Å². The van der Waals surface area contributed by atoms with E-state index in [9.17, 15) is 4.79 Å². The van der Waals surface area contributed by atoms with Crippen LogP contribution in [0.4, 0.5) is 5.82 Å². The summed E-state index contributed by atoms with van der Waals surface area (Å²) in [6.45, 7) is 8.43. The number of H-pyrrole nitrogens is 1. The van der Waals surface area contributed by atoms with Gasteiger partial charge in [0.1, 0.15) is 16.5 Å². The van der Waals surface area contributed by atoms with E-state index in [0.29, 0.717) is 6.54 Å². The molecule has 0 bridgehead atoms. The van der Waals surface area contributed by atoms with Crippen molar-refractivity contribution >= 4 is 27.4 Å². The number of thiophene rings is 1. The average Bonchev–Trinajstić information content (AvgIpc) is 2.91. The van der Waals surface area contributed by atoms with Crippen LogP contribution in [0, 0.1) is 13.8 Å². The number of hydrogen-bond acceptors (Lipinski definition) is 6. The maximum absolute atomic E-state index is 12.4. The first-order valence-electron chi connectivity index (χ1n) is 8.49. The predicted molar refractivity (Wildman–Crippen MR) is 101 cm³/mol. The topological polar surface area (TPSA) is 65.1 Å². The zero-order valence-corrected chi connectivity index (χ0v) is 15.3. The van der Waals surface area contributed by atoms with Crippen LogP contribution in [0.1, 0.15) is 16.3 Å². The molecule has 1 fully saturated rings. The van der Waals surface area contributed by atoms with Crippen molar-refractivity contribution in [2.75, 3.05) is 31.1 Å². The normalized spacial score (nSPS) is 15.8. The highest BCUT2D eigenvalue weighted by molar-refractivity contribution is 7.18. The molecular weight excluding hydrogens is 334 g/mol. The molecule has 6 nitrogen and oxygen atoms in total. The van der Waals surface area contributed by atoms with Crippen molar-refractivity contribution in [3.63, 3.8) is 0 Å². The highest BCUT2D eigenvalue weighted by atomic mass is 32.1. The summed E-state index contributed by atoms with van der Waals surface area (Å²) in [5.41, 5.74) is 1.03. The molecule has 4 heterocycles. The molecule has 0 radical (unpaired) electrons. The summed E-state index contributed by atoms with van der Waals surface area (Å²) in [7, 11) is 0. The molecule has 0 aliphatic carbocycles. The Morgan fingerprint density at radius 3 is 2.72 bits per heavy atom. The fraction of sp³-hybridized carbons (Fsp3) is 0.389. The number of piperazine rings is 1. The molecule has 3 aromatic heterocycles. The number of nitrogens with zero attached hydrogens (tertiary/aromatic N) is 4. The molecule has 0 spiro atoms. The number of hydrogen-bond donors (Lipinski definition) is 1. The van der Waals surface area contributed by atoms with Crippen LogP contribution in [0.5, 0.6) is 0 Å². The van der Waals surface area contributed by atoms with E-state index in [1.807, 2.05) is 38.2 Å². The van der Waals surface area contributed by atoms with Crippen LogP contribution in [0.15, 0.2) is 29.2 Å². The molecule has 3 aromatic rings. The minimum atomic E-state index is -0.0195. The van der Waals surface area contributed by atoms with Gasteiger partial charge in [0.2, 0.25) is 0 Å². The molecule has 1 saturated heterocycles. The third-order valence-corrected chi connectivity index (χ3v) is 5.91. The minimum absolute atomic E-state index is 0.0195. The Bertz CT molecular complexity index is 941. The van der Waals surface area contributed by atoms with Gasteiger partial charge in [-0.25, -0.2) is 9.97 Å². The Balaban J connectivity index is 1.47. The number of fused-ring (bicyclic) bond motifs is 1. The van der Waals surface area contributed by atoms with Gasteiger partial charge in [-0.1, -0.05) is 6.07 Å². The lowest BCUT2D eigenvalue weighted by Gasteiger charge is -2.35. The minimum Gasteiger partial charge on any atom is -0.354 e. The number of anilines is 1. The smallest absolute Gasteiger partial charge is 0.259 e. The van der Waals surface area contributed by atoms with Gasteiger partial charge in [-0.15, -0.1) is 11.3 Å². The first-order chi connectivity index (χ1) is 12.1. The Morgan fingerprint density at radius 1 is 1.20 bits per heavy atom. The highest BCUT2D eigenvalue weighted by Crippen LogP contribution is 2.25. The third kappa shape index (κ3) is 3.17. The van der Waals surface area contributed by atoms with Crippen molar-refractivity contribution in [1.29, 1.82) is 0 Å². The molecule has 1 N–H and O–H groups in total. The number of aromatic amines is 1. The molecule has 0 unspecified atom stereocenters. The van der Waals surface area contributed by atoms with Crippen molar-refractivity contribution < 1.29 is 0 Å². The summed E-state index contributed by atoms with van der Waals surface area (Å²) in [5.74, 6) is 1.78. The molecule has 7 heteroatoms. The summed E-state index contributed by atoms with van der Waals surface area (Å²) < 4.78 is 0. The molecule has 25 heavy (non-hydrogen) atoms. The van der Waals surface area contributed by atoms with Gasteiger partial charge in [-0.3, -0.25) is 9.69 Å². The summed E-state index contributed by atoms with van der Waals surface area (Å²) in [6, 6.07) is 6.00. The summed E-state index contributed by atoms with van der Waals surface area (Å²) in [6.07, 6.45) is 1.83. The molecule has 0 aromatic carbocycles. The number of rotatable bonds is 3. The van der Waals surface area contributed by atoms with Crippen molar-refractivity contribution in [1.82, 2.24) is 19.9 Å². The Hall–Kier alpha value is -2.25. The first kappa shape index (κ1) is 16.2. The van der Waals surface area contributed by atoms with Gasteiger partial charge in [-0.2, -0.15) is 0 Å². The Labute approximate surface area is 150 Å². The molecule has 130 valence electrons. The molecule has 1 aliphatic rings. The lowest BCUT2D eigenvalue weighted by Crippen LogP contribution is -2.46. The van der Waals surface area contributed by atoms with Gasteiger partial charge in [0.15, 0.2) is 0 Å².